The third-order valence-electron chi connectivity index (χ3n) is 4.67. The minimum Gasteiger partial charge on any atom is -0.347 e. The molecule has 7 heteroatoms. The number of nitrogens with zero attached hydrogens (tertiary/aromatic N) is 3. The summed E-state index contributed by atoms with van der Waals surface area (Å²) in [5, 5.41) is 18.3. The minimum atomic E-state index is -0.453. The summed E-state index contributed by atoms with van der Waals surface area (Å²) < 4.78 is 1.40. The summed E-state index contributed by atoms with van der Waals surface area (Å²) in [4.78, 5) is 23.1. The van der Waals surface area contributed by atoms with Gasteiger partial charge in [-0.05, 0) is 45.1 Å². The van der Waals surface area contributed by atoms with Crippen molar-refractivity contribution in [2.45, 2.75) is 46.2 Å². The Balaban J connectivity index is 1.74. The van der Waals surface area contributed by atoms with Crippen LogP contribution in [0, 0.1) is 36.8 Å². The third-order valence-corrected chi connectivity index (χ3v) is 4.67. The zero-order valence-corrected chi connectivity index (χ0v) is 14.7. The van der Waals surface area contributed by atoms with Gasteiger partial charge >= 0.3 is 5.69 Å². The van der Waals surface area contributed by atoms with Gasteiger partial charge in [0.1, 0.15) is 17.9 Å². The number of benzene rings is 1. The maximum absolute atomic E-state index is 12.5. The van der Waals surface area contributed by atoms with Gasteiger partial charge in [-0.15, -0.1) is 0 Å². The van der Waals surface area contributed by atoms with Crippen LogP contribution in [0.4, 0.5) is 5.69 Å². The Morgan fingerprint density at radius 3 is 2.48 bits per heavy atom. The number of aromatic nitrogens is 2. The molecule has 1 aliphatic rings. The third kappa shape index (κ3) is 3.70. The van der Waals surface area contributed by atoms with Gasteiger partial charge in [0.05, 0.1) is 11.0 Å². The van der Waals surface area contributed by atoms with E-state index in [9.17, 15) is 14.9 Å². The van der Waals surface area contributed by atoms with E-state index < -0.39 is 4.92 Å². The van der Waals surface area contributed by atoms with Gasteiger partial charge in [0, 0.05) is 0 Å². The lowest BCUT2D eigenvalue weighted by atomic mass is 10.0. The summed E-state index contributed by atoms with van der Waals surface area (Å²) in [6.07, 6.45) is 2.20. The van der Waals surface area contributed by atoms with Gasteiger partial charge in [0.15, 0.2) is 0 Å². The van der Waals surface area contributed by atoms with Crippen LogP contribution in [0.15, 0.2) is 24.3 Å². The number of nitro groups is 1. The zero-order valence-electron chi connectivity index (χ0n) is 14.7. The molecule has 1 aliphatic carbocycles. The van der Waals surface area contributed by atoms with Crippen molar-refractivity contribution in [2.24, 2.45) is 5.92 Å². The second kappa shape index (κ2) is 6.66. The average Bonchev–Trinajstić information content (AvgIpc) is 3.33. The molecule has 1 heterocycles. The van der Waals surface area contributed by atoms with Crippen molar-refractivity contribution in [3.63, 3.8) is 0 Å². The number of aryl methyl sites for hydroxylation is 2. The lowest BCUT2D eigenvalue weighted by Gasteiger charge is -2.19. The van der Waals surface area contributed by atoms with Crippen molar-refractivity contribution in [3.05, 3.63) is 56.9 Å². The van der Waals surface area contributed by atoms with E-state index in [1.807, 2.05) is 31.2 Å². The first kappa shape index (κ1) is 17.1. The van der Waals surface area contributed by atoms with Gasteiger partial charge in [0.2, 0.25) is 5.91 Å². The van der Waals surface area contributed by atoms with Crippen LogP contribution in [-0.4, -0.2) is 20.6 Å². The molecule has 1 saturated carbocycles. The molecule has 1 atom stereocenters. The second-order valence-corrected chi connectivity index (χ2v) is 6.73. The highest BCUT2D eigenvalue weighted by molar-refractivity contribution is 5.76. The standard InChI is InChI=1S/C18H22N4O3/c1-11-4-6-14(7-5-11)17(15-8-9-15)19-16(23)10-21-13(3)18(22(24)25)12(2)20-21/h4-7,15,17H,8-10H2,1-3H3,(H,19,23)/t17-/m0/s1. The van der Waals surface area contributed by atoms with Crippen molar-refractivity contribution in [2.75, 3.05) is 0 Å². The van der Waals surface area contributed by atoms with Crippen molar-refractivity contribution >= 4 is 11.6 Å². The molecule has 132 valence electrons. The highest BCUT2D eigenvalue weighted by atomic mass is 16.6. The summed E-state index contributed by atoms with van der Waals surface area (Å²) in [6, 6.07) is 8.17. The number of rotatable bonds is 6. The Morgan fingerprint density at radius 1 is 1.32 bits per heavy atom. The molecule has 0 bridgehead atoms. The van der Waals surface area contributed by atoms with Crippen LogP contribution in [0.3, 0.4) is 0 Å². The van der Waals surface area contributed by atoms with Crippen molar-refractivity contribution in [1.82, 2.24) is 15.1 Å². The van der Waals surface area contributed by atoms with Crippen molar-refractivity contribution in [1.29, 1.82) is 0 Å². The molecule has 1 fully saturated rings. The second-order valence-electron chi connectivity index (χ2n) is 6.73. The summed E-state index contributed by atoms with van der Waals surface area (Å²) in [5.41, 5.74) is 2.98. The predicted octanol–water partition coefficient (Wildman–Crippen LogP) is 2.98. The fourth-order valence-electron chi connectivity index (χ4n) is 3.14. The highest BCUT2D eigenvalue weighted by Gasteiger charge is 2.33. The molecule has 2 aromatic rings. The molecule has 0 unspecified atom stereocenters. The normalized spacial score (nSPS) is 15.0. The van der Waals surface area contributed by atoms with Crippen LogP contribution < -0.4 is 5.32 Å². The Morgan fingerprint density at radius 2 is 1.96 bits per heavy atom. The minimum absolute atomic E-state index is 0.0138. The number of carbonyl (C=O) groups is 1. The quantitative estimate of drug-likeness (QED) is 0.645. The molecule has 0 radical (unpaired) electrons. The lowest BCUT2D eigenvalue weighted by Crippen LogP contribution is -2.33. The van der Waals surface area contributed by atoms with Crippen LogP contribution >= 0.6 is 0 Å². The van der Waals surface area contributed by atoms with Gasteiger partial charge in [0.25, 0.3) is 0 Å². The number of carbonyl (C=O) groups excluding carboxylic acids is 1. The fraction of sp³-hybridized carbons (Fsp3) is 0.444. The van der Waals surface area contributed by atoms with Gasteiger partial charge in [-0.2, -0.15) is 5.10 Å². The summed E-state index contributed by atoms with van der Waals surface area (Å²) >= 11 is 0. The van der Waals surface area contributed by atoms with Crippen LogP contribution in [-0.2, 0) is 11.3 Å². The number of hydrogen-bond acceptors (Lipinski definition) is 4. The zero-order chi connectivity index (χ0) is 18.1. The largest absolute Gasteiger partial charge is 0.347 e. The molecule has 0 saturated heterocycles. The monoisotopic (exact) mass is 342 g/mol. The van der Waals surface area contributed by atoms with Gasteiger partial charge in [-0.3, -0.25) is 19.6 Å². The Labute approximate surface area is 146 Å². The molecule has 1 amide bonds. The van der Waals surface area contributed by atoms with Crippen LogP contribution in [0.2, 0.25) is 0 Å². The highest BCUT2D eigenvalue weighted by Crippen LogP contribution is 2.41. The summed E-state index contributed by atoms with van der Waals surface area (Å²) in [7, 11) is 0. The maximum atomic E-state index is 12.5. The summed E-state index contributed by atoms with van der Waals surface area (Å²) in [6.45, 7) is 5.21. The first-order chi connectivity index (χ1) is 11.9. The predicted molar refractivity (Wildman–Crippen MR) is 93.1 cm³/mol. The lowest BCUT2D eigenvalue weighted by molar-refractivity contribution is -0.386. The van der Waals surface area contributed by atoms with E-state index in [-0.39, 0.29) is 24.2 Å². The van der Waals surface area contributed by atoms with Gasteiger partial charge in [-0.25, -0.2) is 0 Å². The van der Waals surface area contributed by atoms with E-state index in [0.29, 0.717) is 17.3 Å². The first-order valence-corrected chi connectivity index (χ1v) is 8.41. The van der Waals surface area contributed by atoms with E-state index in [0.717, 1.165) is 18.4 Å². The number of nitrogens with one attached hydrogen (secondary N) is 1. The SMILES string of the molecule is Cc1ccc([C@H](NC(=O)Cn2nc(C)c([N+](=O)[O-])c2C)C2CC2)cc1. The average molecular weight is 342 g/mol. The van der Waals surface area contributed by atoms with Gasteiger partial charge < -0.3 is 5.32 Å². The Kier molecular flexibility index (Phi) is 4.57. The molecule has 0 spiro atoms. The van der Waals surface area contributed by atoms with Crippen molar-refractivity contribution in [3.8, 4) is 0 Å². The molecular weight excluding hydrogens is 320 g/mol. The van der Waals surface area contributed by atoms with E-state index in [4.69, 9.17) is 0 Å². The molecule has 25 heavy (non-hydrogen) atoms. The van der Waals surface area contributed by atoms with Crippen LogP contribution in [0.25, 0.3) is 0 Å². The van der Waals surface area contributed by atoms with Crippen LogP contribution in [0.5, 0.6) is 0 Å². The molecule has 3 rings (SSSR count). The molecule has 1 aromatic heterocycles. The molecule has 1 aromatic carbocycles. The van der Waals surface area contributed by atoms with E-state index in [1.165, 1.54) is 10.2 Å². The maximum Gasteiger partial charge on any atom is 0.312 e. The Hall–Kier alpha value is -2.70. The fourth-order valence-corrected chi connectivity index (χ4v) is 3.14. The summed E-state index contributed by atoms with van der Waals surface area (Å²) in [5.74, 6) is 0.277. The van der Waals surface area contributed by atoms with E-state index >= 15 is 0 Å². The van der Waals surface area contributed by atoms with Gasteiger partial charge in [-0.1, -0.05) is 29.8 Å². The first-order valence-electron chi connectivity index (χ1n) is 8.41. The Bertz CT molecular complexity index is 806. The van der Waals surface area contributed by atoms with E-state index in [2.05, 4.69) is 10.4 Å². The van der Waals surface area contributed by atoms with Crippen LogP contribution in [0.1, 0.15) is 41.4 Å². The molecule has 1 N–H and O–H groups in total. The number of hydrogen-bond donors (Lipinski definition) is 1. The molecule has 7 nitrogen and oxygen atoms in total. The molecule has 0 aliphatic heterocycles. The topological polar surface area (TPSA) is 90.1 Å². The smallest absolute Gasteiger partial charge is 0.312 e. The number of amides is 1. The van der Waals surface area contributed by atoms with E-state index in [1.54, 1.807) is 13.8 Å². The van der Waals surface area contributed by atoms with Crippen molar-refractivity contribution < 1.29 is 9.72 Å². The molecular formula is C18H22N4O3.